The van der Waals surface area contributed by atoms with Crippen molar-refractivity contribution in [1.82, 2.24) is 15.0 Å². The summed E-state index contributed by atoms with van der Waals surface area (Å²) in [6.07, 6.45) is 0. The lowest BCUT2D eigenvalue weighted by Gasteiger charge is -2.12. The van der Waals surface area contributed by atoms with Gasteiger partial charge in [-0.1, -0.05) is 146 Å². The Labute approximate surface area is 271 Å². The van der Waals surface area contributed by atoms with Gasteiger partial charge in [0.05, 0.1) is 33.4 Å². The number of nitrogens with zero attached hydrogens (tertiary/aromatic N) is 3. The fraction of sp³-hybridized carbons (Fsp3) is 0. The van der Waals surface area contributed by atoms with Gasteiger partial charge in [0, 0.05) is 27.6 Å². The first kappa shape index (κ1) is 27.0. The van der Waals surface area contributed by atoms with Crippen molar-refractivity contribution in [2.45, 2.75) is 0 Å². The molecule has 0 aliphatic heterocycles. The molecule has 0 atom stereocenters. The van der Waals surface area contributed by atoms with E-state index in [0.29, 0.717) is 5.82 Å². The van der Waals surface area contributed by atoms with Crippen LogP contribution in [0.15, 0.2) is 168 Å². The summed E-state index contributed by atoms with van der Waals surface area (Å²) in [6, 6.07) is 56.0. The summed E-state index contributed by atoms with van der Waals surface area (Å²) in [5.74, 6) is 0.702. The van der Waals surface area contributed by atoms with Crippen LogP contribution >= 0.6 is 0 Å². The number of para-hydroxylation sites is 1. The average Bonchev–Trinajstić information content (AvgIpc) is 3.55. The molecule has 0 fully saturated rings. The molecular weight excluding hydrogens is 574 g/mol. The summed E-state index contributed by atoms with van der Waals surface area (Å²) >= 11 is 0. The van der Waals surface area contributed by atoms with Crippen LogP contribution in [-0.2, 0) is 0 Å². The maximum atomic E-state index is 6.64. The molecule has 9 rings (SSSR count). The highest BCUT2D eigenvalue weighted by Crippen LogP contribution is 2.42. The number of hydrogen-bond acceptors (Lipinski definition) is 4. The quantitative estimate of drug-likeness (QED) is 0.197. The summed E-state index contributed by atoms with van der Waals surface area (Å²) in [6.45, 7) is 0. The van der Waals surface area contributed by atoms with E-state index >= 15 is 0 Å². The van der Waals surface area contributed by atoms with Gasteiger partial charge in [-0.2, -0.15) is 0 Å². The molecule has 47 heavy (non-hydrogen) atoms. The third kappa shape index (κ3) is 4.75. The van der Waals surface area contributed by atoms with E-state index in [0.717, 1.165) is 83.3 Å². The van der Waals surface area contributed by atoms with E-state index < -0.39 is 0 Å². The minimum Gasteiger partial charge on any atom is -0.455 e. The van der Waals surface area contributed by atoms with E-state index in [1.807, 2.05) is 66.7 Å². The highest BCUT2D eigenvalue weighted by atomic mass is 16.3. The Kier molecular flexibility index (Phi) is 6.43. The van der Waals surface area contributed by atoms with Crippen molar-refractivity contribution in [1.29, 1.82) is 0 Å². The second-order valence-electron chi connectivity index (χ2n) is 11.6. The Bertz CT molecular complexity index is 2480. The second kappa shape index (κ2) is 11.2. The van der Waals surface area contributed by atoms with Gasteiger partial charge in [0.1, 0.15) is 11.2 Å². The van der Waals surface area contributed by atoms with Crippen LogP contribution in [-0.4, -0.2) is 15.0 Å². The minimum atomic E-state index is 0.702. The predicted molar refractivity (Wildman–Crippen MR) is 192 cm³/mol. The number of hydrogen-bond donors (Lipinski definition) is 0. The van der Waals surface area contributed by atoms with Gasteiger partial charge in [0.15, 0.2) is 5.82 Å². The summed E-state index contributed by atoms with van der Waals surface area (Å²) in [4.78, 5) is 15.2. The molecule has 220 valence electrons. The number of aromatic nitrogens is 3. The maximum Gasteiger partial charge on any atom is 0.160 e. The van der Waals surface area contributed by atoms with E-state index in [1.165, 1.54) is 0 Å². The van der Waals surface area contributed by atoms with Gasteiger partial charge in [0.2, 0.25) is 0 Å². The molecule has 0 unspecified atom stereocenters. The number of rotatable bonds is 5. The Morgan fingerprint density at radius 3 is 1.68 bits per heavy atom. The molecule has 0 amide bonds. The third-order valence-corrected chi connectivity index (χ3v) is 8.70. The van der Waals surface area contributed by atoms with Crippen LogP contribution in [0.3, 0.4) is 0 Å². The molecule has 6 aromatic carbocycles. The monoisotopic (exact) mass is 601 g/mol. The molecular formula is C43H27N3O. The average molecular weight is 602 g/mol. The molecule has 0 radical (unpaired) electrons. The van der Waals surface area contributed by atoms with Gasteiger partial charge >= 0.3 is 0 Å². The lowest BCUT2D eigenvalue weighted by atomic mass is 9.95. The van der Waals surface area contributed by atoms with Crippen LogP contribution in [0, 0.1) is 0 Å². The van der Waals surface area contributed by atoms with Crippen molar-refractivity contribution in [3.63, 3.8) is 0 Å². The van der Waals surface area contributed by atoms with Gasteiger partial charge in [-0.25, -0.2) is 15.0 Å². The van der Waals surface area contributed by atoms with Crippen molar-refractivity contribution in [2.24, 2.45) is 0 Å². The highest BCUT2D eigenvalue weighted by molar-refractivity contribution is 6.22. The minimum absolute atomic E-state index is 0.702. The largest absolute Gasteiger partial charge is 0.455 e. The zero-order valence-corrected chi connectivity index (χ0v) is 25.3. The first-order valence-corrected chi connectivity index (χ1v) is 15.7. The first-order valence-electron chi connectivity index (χ1n) is 15.7. The molecule has 0 spiro atoms. The molecule has 0 saturated carbocycles. The fourth-order valence-corrected chi connectivity index (χ4v) is 6.44. The van der Waals surface area contributed by atoms with Crippen molar-refractivity contribution in [2.75, 3.05) is 0 Å². The molecule has 3 heterocycles. The standard InChI is InChI=1S/C43H27N3O/c1-4-13-29(14-5-1)36-27-37(46-43(45-36)32-17-8-3-9-18-32)30-25-23-28(24-26-30)33-20-12-21-35-39(33)42-40(34-19-10-11-22-38(34)47-42)41(44-35)31-15-6-2-7-16-31/h1-27H. The van der Waals surface area contributed by atoms with Crippen molar-refractivity contribution in [3.05, 3.63) is 164 Å². The van der Waals surface area contributed by atoms with Crippen molar-refractivity contribution < 1.29 is 4.42 Å². The van der Waals surface area contributed by atoms with Crippen LogP contribution in [0.25, 0.3) is 89.1 Å². The fourth-order valence-electron chi connectivity index (χ4n) is 6.44. The number of fused-ring (bicyclic) bond motifs is 5. The first-order chi connectivity index (χ1) is 23.3. The Balaban J connectivity index is 1.21. The molecule has 0 bridgehead atoms. The van der Waals surface area contributed by atoms with Gasteiger partial charge < -0.3 is 4.42 Å². The lowest BCUT2D eigenvalue weighted by Crippen LogP contribution is -1.96. The van der Waals surface area contributed by atoms with E-state index in [-0.39, 0.29) is 0 Å². The molecule has 0 saturated heterocycles. The van der Waals surface area contributed by atoms with Gasteiger partial charge in [-0.3, -0.25) is 0 Å². The summed E-state index contributed by atoms with van der Waals surface area (Å²) in [7, 11) is 0. The van der Waals surface area contributed by atoms with Crippen LogP contribution in [0.1, 0.15) is 0 Å². The molecule has 0 aliphatic rings. The summed E-state index contributed by atoms with van der Waals surface area (Å²) in [5, 5.41) is 3.10. The van der Waals surface area contributed by atoms with Crippen molar-refractivity contribution >= 4 is 32.8 Å². The molecule has 0 N–H and O–H groups in total. The van der Waals surface area contributed by atoms with Crippen molar-refractivity contribution in [3.8, 4) is 56.3 Å². The Morgan fingerprint density at radius 2 is 0.979 bits per heavy atom. The van der Waals surface area contributed by atoms with Crippen LogP contribution in [0.5, 0.6) is 0 Å². The molecule has 4 heteroatoms. The Morgan fingerprint density at radius 1 is 0.404 bits per heavy atom. The highest BCUT2D eigenvalue weighted by Gasteiger charge is 2.20. The second-order valence-corrected chi connectivity index (χ2v) is 11.6. The topological polar surface area (TPSA) is 51.8 Å². The summed E-state index contributed by atoms with van der Waals surface area (Å²) < 4.78 is 6.64. The normalized spacial score (nSPS) is 11.4. The maximum absolute atomic E-state index is 6.64. The van der Waals surface area contributed by atoms with Crippen LogP contribution < -0.4 is 0 Å². The SMILES string of the molecule is c1ccc(-c2cc(-c3ccc(-c4cccc5nc(-c6ccccc6)c6c7ccccc7oc6c45)cc3)nc(-c3ccccc3)n2)cc1. The van der Waals surface area contributed by atoms with E-state index in [9.17, 15) is 0 Å². The van der Waals surface area contributed by atoms with E-state index in [2.05, 4.69) is 97.1 Å². The summed E-state index contributed by atoms with van der Waals surface area (Å²) in [5.41, 5.74) is 11.6. The van der Waals surface area contributed by atoms with Crippen LogP contribution in [0.2, 0.25) is 0 Å². The predicted octanol–water partition coefficient (Wildman–Crippen LogP) is 11.3. The zero-order chi connectivity index (χ0) is 31.2. The molecule has 3 aromatic heterocycles. The number of furan rings is 1. The smallest absolute Gasteiger partial charge is 0.160 e. The number of benzene rings is 6. The van der Waals surface area contributed by atoms with E-state index in [4.69, 9.17) is 19.4 Å². The number of pyridine rings is 1. The zero-order valence-electron chi connectivity index (χ0n) is 25.3. The van der Waals surface area contributed by atoms with Gasteiger partial charge in [-0.05, 0) is 29.3 Å². The van der Waals surface area contributed by atoms with Gasteiger partial charge in [-0.15, -0.1) is 0 Å². The van der Waals surface area contributed by atoms with Gasteiger partial charge in [0.25, 0.3) is 0 Å². The molecule has 9 aromatic rings. The van der Waals surface area contributed by atoms with E-state index in [1.54, 1.807) is 0 Å². The molecule has 4 nitrogen and oxygen atoms in total. The molecule has 0 aliphatic carbocycles. The Hall–Kier alpha value is -6.39. The van der Waals surface area contributed by atoms with Crippen LogP contribution in [0.4, 0.5) is 0 Å². The lowest BCUT2D eigenvalue weighted by molar-refractivity contribution is 0.672. The third-order valence-electron chi connectivity index (χ3n) is 8.70.